The molecule has 1 atom stereocenters. The van der Waals surface area contributed by atoms with Crippen molar-refractivity contribution in [2.75, 3.05) is 5.33 Å². The molecule has 0 aliphatic heterocycles. The Hall–Kier alpha value is -1.12. The molecule has 3 aromatic carbocycles. The maximum absolute atomic E-state index is 3.68. The van der Waals surface area contributed by atoms with E-state index in [4.69, 9.17) is 0 Å². The lowest BCUT2D eigenvalue weighted by Crippen LogP contribution is -2.04. The van der Waals surface area contributed by atoms with E-state index < -0.39 is 0 Å². The zero-order chi connectivity index (χ0) is 14.7. The van der Waals surface area contributed by atoms with Crippen molar-refractivity contribution in [3.63, 3.8) is 0 Å². The molecule has 106 valence electrons. The lowest BCUT2D eigenvalue weighted by molar-refractivity contribution is 0.780. The highest BCUT2D eigenvalue weighted by atomic mass is 79.9. The average molecular weight is 404 g/mol. The highest BCUT2D eigenvalue weighted by Gasteiger charge is 2.12. The maximum atomic E-state index is 3.68. The summed E-state index contributed by atoms with van der Waals surface area (Å²) in [6.07, 6.45) is 1.05. The van der Waals surface area contributed by atoms with Gasteiger partial charge in [0.1, 0.15) is 0 Å². The van der Waals surface area contributed by atoms with Crippen LogP contribution < -0.4 is 0 Å². The number of alkyl halides is 1. The molecule has 0 amide bonds. The minimum absolute atomic E-state index is 0.490. The minimum Gasteiger partial charge on any atom is -0.0921 e. The largest absolute Gasteiger partial charge is 0.0921 e. The Labute approximate surface area is 142 Å². The summed E-state index contributed by atoms with van der Waals surface area (Å²) in [6, 6.07) is 23.9. The molecule has 3 rings (SSSR count). The van der Waals surface area contributed by atoms with Crippen LogP contribution in [0.15, 0.2) is 71.2 Å². The van der Waals surface area contributed by atoms with E-state index in [-0.39, 0.29) is 0 Å². The van der Waals surface area contributed by atoms with Gasteiger partial charge in [0.2, 0.25) is 0 Å². The quantitative estimate of drug-likeness (QED) is 0.447. The lowest BCUT2D eigenvalue weighted by atomic mass is 9.91. The zero-order valence-electron chi connectivity index (χ0n) is 11.6. The molecule has 0 aromatic heterocycles. The van der Waals surface area contributed by atoms with Gasteiger partial charge in [0, 0.05) is 9.80 Å². The van der Waals surface area contributed by atoms with Gasteiger partial charge in [-0.3, -0.25) is 0 Å². The number of hydrogen-bond donors (Lipinski definition) is 0. The van der Waals surface area contributed by atoms with Crippen molar-refractivity contribution in [1.29, 1.82) is 0 Å². The first-order chi connectivity index (χ1) is 10.3. The fourth-order valence-corrected chi connectivity index (χ4v) is 3.60. The minimum atomic E-state index is 0.490. The molecule has 0 fully saturated rings. The van der Waals surface area contributed by atoms with Gasteiger partial charge in [-0.2, -0.15) is 0 Å². The molecule has 0 aliphatic rings. The molecule has 0 spiro atoms. The van der Waals surface area contributed by atoms with Crippen LogP contribution in [0, 0.1) is 0 Å². The van der Waals surface area contributed by atoms with Gasteiger partial charge >= 0.3 is 0 Å². The highest BCUT2D eigenvalue weighted by molar-refractivity contribution is 9.10. The Kier molecular flexibility index (Phi) is 4.77. The van der Waals surface area contributed by atoms with Gasteiger partial charge in [0.05, 0.1) is 0 Å². The molecule has 0 saturated carbocycles. The Morgan fingerprint density at radius 2 is 1.52 bits per heavy atom. The second-order valence-corrected chi connectivity index (χ2v) is 6.81. The number of halogens is 2. The summed E-state index contributed by atoms with van der Waals surface area (Å²) < 4.78 is 1.13. The summed E-state index contributed by atoms with van der Waals surface area (Å²) in [6.45, 7) is 0. The Morgan fingerprint density at radius 1 is 0.810 bits per heavy atom. The molecule has 0 N–H and O–H groups in total. The van der Waals surface area contributed by atoms with Gasteiger partial charge in [-0.1, -0.05) is 86.5 Å². The second-order valence-electron chi connectivity index (χ2n) is 5.25. The first-order valence-electron chi connectivity index (χ1n) is 7.06. The molecular formula is C19H16Br2. The van der Waals surface area contributed by atoms with Crippen LogP contribution in [0.4, 0.5) is 0 Å². The Balaban J connectivity index is 1.94. The van der Waals surface area contributed by atoms with Crippen LogP contribution >= 0.6 is 31.9 Å². The molecule has 1 unspecified atom stereocenters. The van der Waals surface area contributed by atoms with Crippen molar-refractivity contribution in [3.8, 4) is 0 Å². The Bertz CT molecular complexity index is 727. The van der Waals surface area contributed by atoms with Crippen molar-refractivity contribution in [3.05, 3.63) is 82.3 Å². The topological polar surface area (TPSA) is 0 Å². The third kappa shape index (κ3) is 3.38. The predicted octanol–water partition coefficient (Wildman–Crippen LogP) is 6.32. The normalized spacial score (nSPS) is 12.5. The van der Waals surface area contributed by atoms with Crippen LogP contribution in [0.5, 0.6) is 0 Å². The van der Waals surface area contributed by atoms with E-state index in [2.05, 4.69) is 98.6 Å². The molecule has 0 bridgehead atoms. The van der Waals surface area contributed by atoms with Crippen molar-refractivity contribution in [2.45, 2.75) is 12.3 Å². The Morgan fingerprint density at radius 3 is 2.29 bits per heavy atom. The first kappa shape index (κ1) is 14.8. The molecule has 0 radical (unpaired) electrons. The van der Waals surface area contributed by atoms with Crippen molar-refractivity contribution in [1.82, 2.24) is 0 Å². The van der Waals surface area contributed by atoms with Crippen molar-refractivity contribution >= 4 is 42.6 Å². The van der Waals surface area contributed by atoms with E-state index in [9.17, 15) is 0 Å². The molecule has 0 saturated heterocycles. The molecule has 0 nitrogen and oxygen atoms in total. The zero-order valence-corrected chi connectivity index (χ0v) is 14.8. The van der Waals surface area contributed by atoms with Crippen molar-refractivity contribution in [2.24, 2.45) is 0 Å². The molecule has 3 aromatic rings. The van der Waals surface area contributed by atoms with Crippen LogP contribution in [0.1, 0.15) is 17.0 Å². The van der Waals surface area contributed by atoms with E-state index in [1.807, 2.05) is 0 Å². The van der Waals surface area contributed by atoms with Crippen LogP contribution in [0.2, 0.25) is 0 Å². The summed E-state index contributed by atoms with van der Waals surface area (Å²) in [7, 11) is 0. The summed E-state index contributed by atoms with van der Waals surface area (Å²) >= 11 is 7.19. The standard InChI is InChI=1S/C19H16Br2/c20-13-17(14-8-10-18(21)11-9-14)12-16-6-3-5-15-4-1-2-7-19(15)16/h1-11,17H,12-13H2. The molecule has 0 aliphatic carbocycles. The van der Waals surface area contributed by atoms with Crippen molar-refractivity contribution < 1.29 is 0 Å². The van der Waals surface area contributed by atoms with Gasteiger partial charge in [-0.05, 0) is 46.4 Å². The number of rotatable bonds is 4. The van der Waals surface area contributed by atoms with E-state index >= 15 is 0 Å². The van der Waals surface area contributed by atoms with Gasteiger partial charge in [-0.15, -0.1) is 0 Å². The smallest absolute Gasteiger partial charge is 0.0175 e. The predicted molar refractivity (Wildman–Crippen MR) is 98.3 cm³/mol. The maximum Gasteiger partial charge on any atom is 0.0175 e. The fourth-order valence-electron chi connectivity index (χ4n) is 2.73. The second kappa shape index (κ2) is 6.76. The summed E-state index contributed by atoms with van der Waals surface area (Å²) in [5.74, 6) is 0.490. The van der Waals surface area contributed by atoms with Crippen LogP contribution in [-0.2, 0) is 6.42 Å². The van der Waals surface area contributed by atoms with Gasteiger partial charge in [-0.25, -0.2) is 0 Å². The third-order valence-corrected chi connectivity index (χ3v) is 5.18. The highest BCUT2D eigenvalue weighted by Crippen LogP contribution is 2.28. The van der Waals surface area contributed by atoms with Gasteiger partial charge < -0.3 is 0 Å². The summed E-state index contributed by atoms with van der Waals surface area (Å²) in [5.41, 5.74) is 2.79. The van der Waals surface area contributed by atoms with Gasteiger partial charge in [0.25, 0.3) is 0 Å². The average Bonchev–Trinajstić information content (AvgIpc) is 2.54. The monoisotopic (exact) mass is 402 g/mol. The number of fused-ring (bicyclic) bond motifs is 1. The number of benzene rings is 3. The molecule has 0 heterocycles. The van der Waals surface area contributed by atoms with E-state index in [1.165, 1.54) is 21.9 Å². The van der Waals surface area contributed by atoms with Crippen LogP contribution in [0.3, 0.4) is 0 Å². The fraction of sp³-hybridized carbons (Fsp3) is 0.158. The van der Waals surface area contributed by atoms with Crippen LogP contribution in [-0.4, -0.2) is 5.33 Å². The van der Waals surface area contributed by atoms with E-state index in [0.29, 0.717) is 5.92 Å². The first-order valence-corrected chi connectivity index (χ1v) is 8.97. The number of hydrogen-bond acceptors (Lipinski definition) is 0. The SMILES string of the molecule is BrCC(Cc1cccc2ccccc12)c1ccc(Br)cc1. The lowest BCUT2D eigenvalue weighted by Gasteiger charge is -2.16. The molecule has 2 heteroatoms. The summed E-state index contributed by atoms with van der Waals surface area (Å²) in [4.78, 5) is 0. The third-order valence-electron chi connectivity index (χ3n) is 3.87. The van der Waals surface area contributed by atoms with Gasteiger partial charge in [0.15, 0.2) is 0 Å². The molecule has 21 heavy (non-hydrogen) atoms. The van der Waals surface area contributed by atoms with E-state index in [0.717, 1.165) is 16.2 Å². The molecular weight excluding hydrogens is 388 g/mol. The van der Waals surface area contributed by atoms with E-state index in [1.54, 1.807) is 0 Å². The summed E-state index contributed by atoms with van der Waals surface area (Å²) in [5, 5.41) is 3.65. The van der Waals surface area contributed by atoms with Crippen LogP contribution in [0.25, 0.3) is 10.8 Å².